The van der Waals surface area contributed by atoms with E-state index in [0.717, 1.165) is 32.7 Å². The molecule has 12 aromatic rings. The first-order valence-corrected chi connectivity index (χ1v) is 39.7. The maximum atomic E-state index is 6.24. The molecule has 8 heteroatoms. The fourth-order valence-corrected chi connectivity index (χ4v) is 18.4. The third-order valence-corrected chi connectivity index (χ3v) is 23.9. The second-order valence-electron chi connectivity index (χ2n) is 31.4. The van der Waals surface area contributed by atoms with Crippen molar-refractivity contribution in [2.75, 3.05) is 26.4 Å². The van der Waals surface area contributed by atoms with Crippen molar-refractivity contribution in [3.05, 3.63) is 272 Å². The number of halogens is 2. The molecule has 4 aliphatic rings. The molecule has 0 atom stereocenters. The molecule has 516 valence electrons. The van der Waals surface area contributed by atoms with E-state index in [-0.39, 0.29) is 30.5 Å². The van der Waals surface area contributed by atoms with Crippen molar-refractivity contribution in [2.45, 2.75) is 167 Å². The molecule has 0 spiro atoms. The number of fused-ring (bicyclic) bond motifs is 10. The van der Waals surface area contributed by atoms with Gasteiger partial charge in [0.2, 0.25) is 0 Å². The van der Waals surface area contributed by atoms with Gasteiger partial charge in [0.1, 0.15) is 0 Å². The topological polar surface area (TPSA) is 36.9 Å². The van der Waals surface area contributed by atoms with Gasteiger partial charge in [-0.25, -0.2) is 0 Å². The van der Waals surface area contributed by atoms with Gasteiger partial charge in [0.05, 0.1) is 31.8 Å². The largest absolute Gasteiger partial charge is 0.494 e. The van der Waals surface area contributed by atoms with Gasteiger partial charge in [-0.1, -0.05) is 346 Å². The summed E-state index contributed by atoms with van der Waals surface area (Å²) in [5, 5.41) is 10.0. The van der Waals surface area contributed by atoms with E-state index in [4.69, 9.17) is 18.6 Å². The van der Waals surface area contributed by atoms with Gasteiger partial charge in [0, 0.05) is 14.4 Å². The lowest BCUT2D eigenvalue weighted by atomic mass is 9.65. The zero-order valence-electron chi connectivity index (χ0n) is 61.1. The summed E-state index contributed by atoms with van der Waals surface area (Å²) in [4.78, 5) is 0. The van der Waals surface area contributed by atoms with E-state index >= 15 is 0 Å². The Morgan fingerprint density at radius 2 is 0.716 bits per heavy atom. The first-order chi connectivity index (χ1) is 49.6. The molecule has 12 aromatic carbocycles. The molecule has 4 nitrogen and oxygen atoms in total. The quantitative estimate of drug-likeness (QED) is 0.0433. The maximum absolute atomic E-state index is 6.24. The van der Waals surface area contributed by atoms with Crippen molar-refractivity contribution in [2.24, 2.45) is 0 Å². The lowest BCUT2D eigenvalue weighted by Gasteiger charge is -2.36. The zero-order valence-corrected chi connectivity index (χ0v) is 64.2. The van der Waals surface area contributed by atoms with Gasteiger partial charge in [-0.2, -0.15) is 0 Å². The number of benzene rings is 12. The molecule has 2 saturated heterocycles. The van der Waals surface area contributed by atoms with Crippen LogP contribution in [0.5, 0.6) is 0 Å². The summed E-state index contributed by atoms with van der Waals surface area (Å²) in [7, 11) is -0.678. The summed E-state index contributed by atoms with van der Waals surface area (Å²) in [6.07, 6.45) is 17.8. The Hall–Kier alpha value is -7.39. The van der Waals surface area contributed by atoms with Gasteiger partial charge < -0.3 is 18.6 Å². The zero-order chi connectivity index (χ0) is 70.3. The fraction of sp³-hybridized carbons (Fsp3) is 0.319. The summed E-state index contributed by atoms with van der Waals surface area (Å²) in [5.41, 5.74) is 23.1. The molecule has 0 radical (unpaired) electrons. The molecule has 0 unspecified atom stereocenters. The Labute approximate surface area is 623 Å². The smallest absolute Gasteiger partial charge is 0.405 e. The first kappa shape index (κ1) is 70.3. The molecule has 0 saturated carbocycles. The predicted octanol–water partition coefficient (Wildman–Crippen LogP) is 25.1. The highest BCUT2D eigenvalue weighted by Gasteiger charge is 2.51. The van der Waals surface area contributed by atoms with Crippen LogP contribution in [0.3, 0.4) is 0 Å². The SMILES string of the molecule is Brc1ccc2c(-c3cccc4ccccc34)c3cc(Br)ccc3c(-c3cccc4ccccc34)c2c1.CCCCCCCCC1(CCCCCCCC)c2cc(B3OCCO3)ccc2-c2cc3c(cc21)-c1ccc(B2OCCO2)cc1C3(c1ccc(C(C)(C)C)cc1)c1ccc(C(C)(C)C)cc1. The van der Waals surface area contributed by atoms with Crippen LogP contribution < -0.4 is 10.9 Å². The van der Waals surface area contributed by atoms with Crippen molar-refractivity contribution in [1.29, 1.82) is 0 Å². The molecule has 0 amide bonds. The highest BCUT2D eigenvalue weighted by Crippen LogP contribution is 2.62. The van der Waals surface area contributed by atoms with Gasteiger partial charge in [0.25, 0.3) is 0 Å². The minimum absolute atomic E-state index is 0.0309. The van der Waals surface area contributed by atoms with E-state index in [1.165, 1.54) is 209 Å². The number of unbranched alkanes of at least 4 members (excludes halogenated alkanes) is 10. The lowest BCUT2D eigenvalue weighted by molar-refractivity contribution is 0.365. The molecule has 16 rings (SSSR count). The van der Waals surface area contributed by atoms with Crippen LogP contribution in [0.1, 0.15) is 190 Å². The Kier molecular flexibility index (Phi) is 20.4. The first-order valence-electron chi connectivity index (χ1n) is 38.1. The average Bonchev–Trinajstić information content (AvgIpc) is 1.50. The number of hydrogen-bond acceptors (Lipinski definition) is 4. The highest BCUT2D eigenvalue weighted by molar-refractivity contribution is 9.10. The Morgan fingerprint density at radius 3 is 1.18 bits per heavy atom. The minimum Gasteiger partial charge on any atom is -0.405 e. The van der Waals surface area contributed by atoms with Gasteiger partial charge >= 0.3 is 14.2 Å². The highest BCUT2D eigenvalue weighted by atomic mass is 79.9. The van der Waals surface area contributed by atoms with Gasteiger partial charge in [-0.15, -0.1) is 0 Å². The molecule has 102 heavy (non-hydrogen) atoms. The second-order valence-corrected chi connectivity index (χ2v) is 33.2. The van der Waals surface area contributed by atoms with Gasteiger partial charge in [-0.3, -0.25) is 0 Å². The molecule has 2 heterocycles. The third kappa shape index (κ3) is 13.2. The standard InChI is InChI=1S/C60H76B2O4.C34H20Br2/c1-9-11-13-15-17-19-33-59(34-20-18-16-14-12-10-2)53-39-47(61-63-35-36-64-61)29-31-49(53)51-42-56-52(41-54(51)59)50-32-30-48(62-65-37-38-66-62)40-55(50)60(56,45-25-21-43(22-26-45)57(3,4)5)46-27-23-44(24-28-46)58(6,7)8;35-23-16-18-30-31(19-23)33(27-13-5-9-21-7-1-3-11-25(21)27)29-17-15-24(36)20-32(29)34(30)28-14-6-10-22-8-2-4-12-26(22)28/h21-32,39-42H,9-20,33-38H2,1-8H3;1-20H. The third-order valence-electron chi connectivity index (χ3n) is 22.9. The minimum atomic E-state index is -0.587. The molecule has 2 aliphatic heterocycles. The van der Waals surface area contributed by atoms with E-state index in [2.05, 4.69) is 306 Å². The fourth-order valence-electron chi connectivity index (χ4n) is 17.7. The van der Waals surface area contributed by atoms with Crippen LogP contribution in [0.4, 0.5) is 0 Å². The second kappa shape index (κ2) is 29.6. The number of rotatable bonds is 20. The van der Waals surface area contributed by atoms with Crippen molar-refractivity contribution in [3.8, 4) is 44.5 Å². The van der Waals surface area contributed by atoms with E-state index in [0.29, 0.717) is 26.4 Å². The van der Waals surface area contributed by atoms with Crippen molar-refractivity contribution >= 4 is 100 Å². The Bertz CT molecular complexity index is 4820. The van der Waals surface area contributed by atoms with Crippen molar-refractivity contribution < 1.29 is 18.6 Å². The summed E-state index contributed by atoms with van der Waals surface area (Å²) >= 11 is 7.56. The van der Waals surface area contributed by atoms with Crippen LogP contribution in [0.15, 0.2) is 227 Å². The van der Waals surface area contributed by atoms with Crippen molar-refractivity contribution in [1.82, 2.24) is 0 Å². The van der Waals surface area contributed by atoms with Crippen LogP contribution in [0.2, 0.25) is 0 Å². The molecular weight excluding hydrogens is 1370 g/mol. The summed E-state index contributed by atoms with van der Waals surface area (Å²) in [6, 6.07) is 83.0. The Balaban J connectivity index is 0.000000195. The van der Waals surface area contributed by atoms with E-state index < -0.39 is 5.41 Å². The Morgan fingerprint density at radius 1 is 0.333 bits per heavy atom. The van der Waals surface area contributed by atoms with Crippen LogP contribution in [-0.4, -0.2) is 40.7 Å². The summed E-state index contributed by atoms with van der Waals surface area (Å²) < 4.78 is 27.1. The monoisotopic (exact) mass is 1470 g/mol. The van der Waals surface area contributed by atoms with Crippen LogP contribution in [-0.2, 0) is 40.3 Å². The molecule has 0 bridgehead atoms. The summed E-state index contributed by atoms with van der Waals surface area (Å²) in [6.45, 7) is 21.1. The molecule has 0 aromatic heterocycles. The van der Waals surface area contributed by atoms with E-state index in [1.807, 2.05) is 0 Å². The van der Waals surface area contributed by atoms with Crippen LogP contribution >= 0.6 is 31.9 Å². The summed E-state index contributed by atoms with van der Waals surface area (Å²) in [5.74, 6) is 0. The molecule has 2 fully saturated rings. The predicted molar refractivity (Wildman–Crippen MR) is 441 cm³/mol. The van der Waals surface area contributed by atoms with Crippen LogP contribution in [0, 0.1) is 0 Å². The van der Waals surface area contributed by atoms with Gasteiger partial charge in [0.15, 0.2) is 0 Å². The normalized spacial score (nSPS) is 15.1. The molecular formula is C94H96B2Br2O4. The van der Waals surface area contributed by atoms with Gasteiger partial charge in [-0.05, 0) is 203 Å². The molecule has 0 N–H and O–H groups in total. The van der Waals surface area contributed by atoms with Crippen LogP contribution in [0.25, 0.3) is 87.6 Å². The van der Waals surface area contributed by atoms with E-state index in [1.54, 1.807) is 0 Å². The lowest BCUT2D eigenvalue weighted by Crippen LogP contribution is -2.35. The number of hydrogen-bond donors (Lipinski definition) is 0. The average molecular weight is 1470 g/mol. The molecule has 2 aliphatic carbocycles. The maximum Gasteiger partial charge on any atom is 0.494 e. The van der Waals surface area contributed by atoms with E-state index in [9.17, 15) is 0 Å². The van der Waals surface area contributed by atoms with Crippen molar-refractivity contribution in [3.63, 3.8) is 0 Å².